The second-order valence-corrected chi connectivity index (χ2v) is 5.49. The molecule has 5 unspecified atom stereocenters. The van der Waals surface area contributed by atoms with Crippen LogP contribution >= 0.6 is 0 Å². The molecule has 0 aromatic rings. The van der Waals surface area contributed by atoms with Gasteiger partial charge in [0.25, 0.3) is 0 Å². The highest BCUT2D eigenvalue weighted by molar-refractivity contribution is 5.13. The topological polar surface area (TPSA) is 32.3 Å². The van der Waals surface area contributed by atoms with E-state index >= 15 is 0 Å². The van der Waals surface area contributed by atoms with Crippen molar-refractivity contribution in [2.75, 3.05) is 6.61 Å². The molecule has 2 heteroatoms. The molecule has 5 atom stereocenters. The Labute approximate surface area is 91.8 Å². The Kier molecular flexibility index (Phi) is 2.57. The maximum atomic E-state index is 9.27. The van der Waals surface area contributed by atoms with Gasteiger partial charge >= 0.3 is 0 Å². The van der Waals surface area contributed by atoms with Crippen molar-refractivity contribution in [3.8, 4) is 0 Å². The Hall–Kier alpha value is -0.340. The predicted octanol–water partition coefficient (Wildman–Crippen LogP) is 1.70. The molecule has 2 fully saturated rings. The number of allylic oxidation sites excluding steroid dienone is 1. The average molecular weight is 207 g/mol. The van der Waals surface area contributed by atoms with Gasteiger partial charge in [0.1, 0.15) is 0 Å². The van der Waals surface area contributed by atoms with Crippen LogP contribution < -0.4 is 5.32 Å². The monoisotopic (exact) mass is 207 g/mol. The van der Waals surface area contributed by atoms with E-state index < -0.39 is 0 Å². The Morgan fingerprint density at radius 1 is 1.27 bits per heavy atom. The van der Waals surface area contributed by atoms with Gasteiger partial charge in [-0.3, -0.25) is 0 Å². The van der Waals surface area contributed by atoms with Crippen LogP contribution in [0.1, 0.15) is 32.1 Å². The van der Waals surface area contributed by atoms with E-state index in [9.17, 15) is 5.11 Å². The lowest BCUT2D eigenvalue weighted by Gasteiger charge is -2.43. The minimum Gasteiger partial charge on any atom is -0.396 e. The minimum atomic E-state index is 0.369. The van der Waals surface area contributed by atoms with Gasteiger partial charge in [-0.1, -0.05) is 18.6 Å². The van der Waals surface area contributed by atoms with E-state index in [0.29, 0.717) is 24.6 Å². The molecule has 0 spiro atoms. The molecule has 3 aliphatic carbocycles. The summed E-state index contributed by atoms with van der Waals surface area (Å²) in [5, 5.41) is 13.0. The van der Waals surface area contributed by atoms with Crippen molar-refractivity contribution in [3.63, 3.8) is 0 Å². The summed E-state index contributed by atoms with van der Waals surface area (Å²) in [6.07, 6.45) is 11.2. The van der Waals surface area contributed by atoms with Crippen molar-refractivity contribution in [3.05, 3.63) is 12.2 Å². The van der Waals surface area contributed by atoms with Crippen molar-refractivity contribution >= 4 is 0 Å². The number of hydrogen-bond acceptors (Lipinski definition) is 2. The van der Waals surface area contributed by atoms with Gasteiger partial charge in [-0.25, -0.2) is 0 Å². The summed E-state index contributed by atoms with van der Waals surface area (Å²) in [4.78, 5) is 0. The number of rotatable bonds is 3. The van der Waals surface area contributed by atoms with Crippen LogP contribution in [0.4, 0.5) is 0 Å². The first-order valence-electron chi connectivity index (χ1n) is 6.42. The van der Waals surface area contributed by atoms with Crippen LogP contribution in [0, 0.1) is 17.8 Å². The third-order valence-electron chi connectivity index (χ3n) is 4.68. The molecule has 0 amide bonds. The minimum absolute atomic E-state index is 0.369. The van der Waals surface area contributed by atoms with Crippen molar-refractivity contribution < 1.29 is 5.11 Å². The van der Waals surface area contributed by atoms with Gasteiger partial charge in [0.2, 0.25) is 0 Å². The fourth-order valence-corrected chi connectivity index (χ4v) is 3.66. The van der Waals surface area contributed by atoms with Crippen LogP contribution in [0.2, 0.25) is 0 Å². The fraction of sp³-hybridized carbons (Fsp3) is 0.846. The number of fused-ring (bicyclic) bond motifs is 1. The van der Waals surface area contributed by atoms with Crippen LogP contribution in [0.25, 0.3) is 0 Å². The van der Waals surface area contributed by atoms with E-state index in [4.69, 9.17) is 0 Å². The maximum absolute atomic E-state index is 9.27. The molecular formula is C13H21NO. The van der Waals surface area contributed by atoms with E-state index in [1.807, 2.05) is 0 Å². The summed E-state index contributed by atoms with van der Waals surface area (Å²) in [6, 6.07) is 1.31. The summed E-state index contributed by atoms with van der Waals surface area (Å²) < 4.78 is 0. The summed E-state index contributed by atoms with van der Waals surface area (Å²) in [5.74, 6) is 2.27. The quantitative estimate of drug-likeness (QED) is 0.690. The number of nitrogens with one attached hydrogen (secondary N) is 1. The van der Waals surface area contributed by atoms with Crippen LogP contribution in [0.3, 0.4) is 0 Å². The maximum Gasteiger partial charge on any atom is 0.0474 e. The van der Waals surface area contributed by atoms with Crippen LogP contribution in [0.5, 0.6) is 0 Å². The summed E-state index contributed by atoms with van der Waals surface area (Å²) in [6.45, 7) is 0.369. The summed E-state index contributed by atoms with van der Waals surface area (Å²) in [7, 11) is 0. The lowest BCUT2D eigenvalue weighted by Crippen LogP contribution is -2.52. The zero-order chi connectivity index (χ0) is 10.3. The number of aliphatic hydroxyl groups excluding tert-OH is 1. The number of hydrogen-bond donors (Lipinski definition) is 2. The molecule has 3 rings (SSSR count). The predicted molar refractivity (Wildman–Crippen MR) is 60.5 cm³/mol. The molecule has 0 aliphatic heterocycles. The second kappa shape index (κ2) is 3.91. The van der Waals surface area contributed by atoms with E-state index in [1.54, 1.807) is 0 Å². The molecule has 84 valence electrons. The van der Waals surface area contributed by atoms with E-state index in [0.717, 1.165) is 11.8 Å². The zero-order valence-electron chi connectivity index (χ0n) is 9.23. The first-order valence-corrected chi connectivity index (χ1v) is 6.42. The standard InChI is InChI=1S/C13H21NO/c15-8-10-4-2-6-12(10)14-13-7-9-3-1-5-11(9)13/h1,5,9-15H,2-4,6-8H2. The molecule has 0 aromatic heterocycles. The average Bonchev–Trinajstić information content (AvgIpc) is 2.80. The SMILES string of the molecule is OCC1CCCC1NC1CC2CC=CC21. The van der Waals surface area contributed by atoms with Crippen molar-refractivity contribution in [1.82, 2.24) is 5.32 Å². The largest absolute Gasteiger partial charge is 0.396 e. The molecule has 2 nitrogen and oxygen atoms in total. The van der Waals surface area contributed by atoms with E-state index in [1.165, 1.54) is 32.1 Å². The second-order valence-electron chi connectivity index (χ2n) is 5.49. The first kappa shape index (κ1) is 9.86. The Morgan fingerprint density at radius 2 is 2.20 bits per heavy atom. The van der Waals surface area contributed by atoms with Gasteiger partial charge < -0.3 is 10.4 Å². The highest BCUT2D eigenvalue weighted by atomic mass is 16.3. The molecule has 0 heterocycles. The van der Waals surface area contributed by atoms with Crippen LogP contribution in [-0.4, -0.2) is 23.8 Å². The highest BCUT2D eigenvalue weighted by Gasteiger charge is 2.42. The third-order valence-corrected chi connectivity index (χ3v) is 4.68. The van der Waals surface area contributed by atoms with E-state index in [2.05, 4.69) is 17.5 Å². The normalized spacial score (nSPS) is 47.9. The van der Waals surface area contributed by atoms with Gasteiger partial charge in [-0.15, -0.1) is 0 Å². The lowest BCUT2D eigenvalue weighted by atomic mass is 9.71. The Balaban J connectivity index is 1.55. The van der Waals surface area contributed by atoms with Crippen molar-refractivity contribution in [2.45, 2.75) is 44.2 Å². The summed E-state index contributed by atoms with van der Waals surface area (Å²) in [5.41, 5.74) is 0. The third kappa shape index (κ3) is 1.64. The highest BCUT2D eigenvalue weighted by Crippen LogP contribution is 2.43. The molecule has 2 N–H and O–H groups in total. The molecule has 2 saturated carbocycles. The molecule has 0 saturated heterocycles. The zero-order valence-corrected chi connectivity index (χ0v) is 9.23. The Bertz CT molecular complexity index is 263. The number of aliphatic hydroxyl groups is 1. The van der Waals surface area contributed by atoms with Crippen LogP contribution in [-0.2, 0) is 0 Å². The lowest BCUT2D eigenvalue weighted by molar-refractivity contribution is 0.126. The first-order chi connectivity index (χ1) is 7.38. The van der Waals surface area contributed by atoms with Gasteiger partial charge in [0.05, 0.1) is 0 Å². The van der Waals surface area contributed by atoms with E-state index in [-0.39, 0.29) is 0 Å². The van der Waals surface area contributed by atoms with Gasteiger partial charge in [-0.2, -0.15) is 0 Å². The smallest absolute Gasteiger partial charge is 0.0474 e. The molecule has 0 bridgehead atoms. The summed E-state index contributed by atoms with van der Waals surface area (Å²) >= 11 is 0. The Morgan fingerprint density at radius 3 is 3.00 bits per heavy atom. The molecule has 15 heavy (non-hydrogen) atoms. The van der Waals surface area contributed by atoms with Crippen molar-refractivity contribution in [2.24, 2.45) is 17.8 Å². The van der Waals surface area contributed by atoms with Gasteiger partial charge in [-0.05, 0) is 43.4 Å². The molecule has 3 aliphatic rings. The van der Waals surface area contributed by atoms with Gasteiger partial charge in [0.15, 0.2) is 0 Å². The van der Waals surface area contributed by atoms with Gasteiger partial charge in [0, 0.05) is 18.7 Å². The fourth-order valence-electron chi connectivity index (χ4n) is 3.66. The van der Waals surface area contributed by atoms with Crippen LogP contribution in [0.15, 0.2) is 12.2 Å². The van der Waals surface area contributed by atoms with Crippen molar-refractivity contribution in [1.29, 1.82) is 0 Å². The molecular weight excluding hydrogens is 186 g/mol. The molecule has 0 aromatic carbocycles. The molecule has 0 radical (unpaired) electrons.